The number of methoxy groups -OCH3 is 1. The summed E-state index contributed by atoms with van der Waals surface area (Å²) in [5.74, 6) is -0.263. The van der Waals surface area contributed by atoms with Crippen molar-refractivity contribution < 1.29 is 9.53 Å². The largest absolute Gasteiger partial charge is 0.469 e. The highest BCUT2D eigenvalue weighted by molar-refractivity contribution is 5.71. The van der Waals surface area contributed by atoms with Crippen molar-refractivity contribution in [3.8, 4) is 0 Å². The van der Waals surface area contributed by atoms with Crippen molar-refractivity contribution in [2.45, 2.75) is 13.0 Å². The van der Waals surface area contributed by atoms with E-state index in [2.05, 4.69) is 14.7 Å². The number of ether oxygens (including phenoxy) is 1. The number of nitrogens with zero attached hydrogens (tertiary/aromatic N) is 3. The lowest BCUT2D eigenvalue weighted by atomic mass is 10.2. The fourth-order valence-electron chi connectivity index (χ4n) is 1.54. The summed E-state index contributed by atoms with van der Waals surface area (Å²) in [7, 11) is 1.38. The summed E-state index contributed by atoms with van der Waals surface area (Å²) in [5, 5.41) is 0. The second kappa shape index (κ2) is 5.25. The van der Waals surface area contributed by atoms with Gasteiger partial charge >= 0.3 is 5.97 Å². The molecule has 0 aliphatic rings. The van der Waals surface area contributed by atoms with E-state index in [1.807, 2.05) is 16.7 Å². The van der Waals surface area contributed by atoms with Crippen LogP contribution in [0.5, 0.6) is 0 Å². The molecule has 88 valence electrons. The van der Waals surface area contributed by atoms with Gasteiger partial charge in [-0.25, -0.2) is 4.98 Å². The van der Waals surface area contributed by atoms with Crippen LogP contribution in [0.2, 0.25) is 0 Å². The predicted molar refractivity (Wildman–Crippen MR) is 61.3 cm³/mol. The van der Waals surface area contributed by atoms with Crippen LogP contribution in [-0.4, -0.2) is 27.6 Å². The van der Waals surface area contributed by atoms with Crippen LogP contribution in [0.3, 0.4) is 0 Å². The quantitative estimate of drug-likeness (QED) is 0.738. The maximum atomic E-state index is 11.2. The van der Waals surface area contributed by atoms with Gasteiger partial charge in [0, 0.05) is 30.8 Å². The summed E-state index contributed by atoms with van der Waals surface area (Å²) in [6, 6.07) is 3.86. The van der Waals surface area contributed by atoms with E-state index in [0.717, 1.165) is 11.3 Å². The molecule has 0 radical (unpaired) electrons. The second-order valence-electron chi connectivity index (χ2n) is 3.62. The zero-order valence-corrected chi connectivity index (χ0v) is 9.54. The number of rotatable bonds is 4. The van der Waals surface area contributed by atoms with Gasteiger partial charge in [0.2, 0.25) is 0 Å². The van der Waals surface area contributed by atoms with E-state index in [-0.39, 0.29) is 12.4 Å². The van der Waals surface area contributed by atoms with Crippen molar-refractivity contribution in [2.75, 3.05) is 7.11 Å². The van der Waals surface area contributed by atoms with Crippen LogP contribution in [0.15, 0.2) is 37.1 Å². The molecule has 2 heterocycles. The molecule has 0 aliphatic heterocycles. The molecule has 0 aliphatic carbocycles. The Morgan fingerprint density at radius 1 is 1.35 bits per heavy atom. The van der Waals surface area contributed by atoms with E-state index in [1.165, 1.54) is 7.11 Å². The monoisotopic (exact) mass is 231 g/mol. The molecule has 0 fully saturated rings. The average Bonchev–Trinajstić information content (AvgIpc) is 2.78. The highest BCUT2D eigenvalue weighted by atomic mass is 16.5. The van der Waals surface area contributed by atoms with Crippen molar-refractivity contribution in [1.29, 1.82) is 0 Å². The molecule has 0 saturated carbocycles. The van der Waals surface area contributed by atoms with Crippen LogP contribution < -0.4 is 0 Å². The van der Waals surface area contributed by atoms with Crippen molar-refractivity contribution in [1.82, 2.24) is 14.5 Å². The van der Waals surface area contributed by atoms with Crippen LogP contribution in [0.1, 0.15) is 11.3 Å². The highest BCUT2D eigenvalue weighted by Crippen LogP contribution is 2.06. The van der Waals surface area contributed by atoms with Crippen molar-refractivity contribution >= 4 is 5.97 Å². The number of pyridine rings is 1. The molecule has 0 saturated heterocycles. The molecule has 0 aromatic carbocycles. The Morgan fingerprint density at radius 3 is 2.82 bits per heavy atom. The minimum absolute atomic E-state index is 0.238. The predicted octanol–water partition coefficient (Wildman–Crippen LogP) is 1.04. The van der Waals surface area contributed by atoms with Crippen molar-refractivity contribution in [2.24, 2.45) is 0 Å². The summed E-state index contributed by atoms with van der Waals surface area (Å²) in [4.78, 5) is 19.2. The molecule has 5 heteroatoms. The van der Waals surface area contributed by atoms with Gasteiger partial charge in [-0.15, -0.1) is 0 Å². The van der Waals surface area contributed by atoms with Gasteiger partial charge in [-0.1, -0.05) is 0 Å². The van der Waals surface area contributed by atoms with Crippen LogP contribution in [-0.2, 0) is 22.5 Å². The van der Waals surface area contributed by atoms with E-state index < -0.39 is 0 Å². The molecule has 17 heavy (non-hydrogen) atoms. The van der Waals surface area contributed by atoms with Gasteiger partial charge in [0.1, 0.15) is 0 Å². The molecule has 0 N–H and O–H groups in total. The third-order valence-electron chi connectivity index (χ3n) is 2.45. The fraction of sp³-hybridized carbons (Fsp3) is 0.250. The summed E-state index contributed by atoms with van der Waals surface area (Å²) < 4.78 is 6.56. The maximum Gasteiger partial charge on any atom is 0.311 e. The lowest BCUT2D eigenvalue weighted by Gasteiger charge is -2.07. The van der Waals surface area contributed by atoms with E-state index in [1.54, 1.807) is 24.9 Å². The summed E-state index contributed by atoms with van der Waals surface area (Å²) >= 11 is 0. The van der Waals surface area contributed by atoms with Gasteiger partial charge in [-0.2, -0.15) is 0 Å². The first-order chi connectivity index (χ1) is 8.29. The zero-order chi connectivity index (χ0) is 12.1. The SMILES string of the molecule is COC(=O)Cc1cncn1Cc1ccncc1. The first-order valence-electron chi connectivity index (χ1n) is 5.24. The van der Waals surface area contributed by atoms with Gasteiger partial charge in [-0.05, 0) is 17.7 Å². The zero-order valence-electron chi connectivity index (χ0n) is 9.54. The molecular weight excluding hydrogens is 218 g/mol. The topological polar surface area (TPSA) is 57.0 Å². The van der Waals surface area contributed by atoms with E-state index in [0.29, 0.717) is 6.54 Å². The number of aromatic nitrogens is 3. The maximum absolute atomic E-state index is 11.2. The second-order valence-corrected chi connectivity index (χ2v) is 3.62. The summed E-state index contributed by atoms with van der Waals surface area (Å²) in [6.07, 6.45) is 7.11. The minimum Gasteiger partial charge on any atom is -0.469 e. The van der Waals surface area contributed by atoms with Crippen LogP contribution in [0.25, 0.3) is 0 Å². The molecule has 5 nitrogen and oxygen atoms in total. The third-order valence-corrected chi connectivity index (χ3v) is 2.45. The average molecular weight is 231 g/mol. The number of hydrogen-bond donors (Lipinski definition) is 0. The Morgan fingerprint density at radius 2 is 2.12 bits per heavy atom. The first-order valence-corrected chi connectivity index (χ1v) is 5.24. The number of carbonyl (C=O) groups is 1. The van der Waals surface area contributed by atoms with E-state index in [9.17, 15) is 4.79 Å². The van der Waals surface area contributed by atoms with Crippen molar-refractivity contribution in [3.05, 3.63) is 48.3 Å². The van der Waals surface area contributed by atoms with Crippen molar-refractivity contribution in [3.63, 3.8) is 0 Å². The number of hydrogen-bond acceptors (Lipinski definition) is 4. The highest BCUT2D eigenvalue weighted by Gasteiger charge is 2.08. The summed E-state index contributed by atoms with van der Waals surface area (Å²) in [6.45, 7) is 0.675. The Balaban J connectivity index is 2.12. The van der Waals surface area contributed by atoms with Crippen LogP contribution in [0.4, 0.5) is 0 Å². The third kappa shape index (κ3) is 2.90. The van der Waals surface area contributed by atoms with Gasteiger partial charge in [-0.3, -0.25) is 9.78 Å². The number of esters is 1. The smallest absolute Gasteiger partial charge is 0.311 e. The molecule has 0 bridgehead atoms. The van der Waals surface area contributed by atoms with Gasteiger partial charge in [0.05, 0.1) is 19.9 Å². The van der Waals surface area contributed by atoms with Crippen LogP contribution >= 0.6 is 0 Å². The molecular formula is C12H13N3O2. The Kier molecular flexibility index (Phi) is 3.49. The van der Waals surface area contributed by atoms with E-state index in [4.69, 9.17) is 0 Å². The standard InChI is InChI=1S/C12H13N3O2/c1-17-12(16)6-11-7-14-9-15(11)8-10-2-4-13-5-3-10/h2-5,7,9H,6,8H2,1H3. The summed E-state index contributed by atoms with van der Waals surface area (Å²) in [5.41, 5.74) is 1.96. The number of carbonyl (C=O) groups excluding carboxylic acids is 1. The molecule has 2 aromatic heterocycles. The fourth-order valence-corrected chi connectivity index (χ4v) is 1.54. The van der Waals surface area contributed by atoms with Gasteiger partial charge < -0.3 is 9.30 Å². The normalized spacial score (nSPS) is 10.2. The Hall–Kier alpha value is -2.17. The number of imidazole rings is 1. The van der Waals surface area contributed by atoms with E-state index >= 15 is 0 Å². The molecule has 2 rings (SSSR count). The lowest BCUT2D eigenvalue weighted by molar-refractivity contribution is -0.139. The molecule has 2 aromatic rings. The van der Waals surface area contributed by atoms with Gasteiger partial charge in [0.25, 0.3) is 0 Å². The molecule has 0 amide bonds. The van der Waals surface area contributed by atoms with Crippen LogP contribution in [0, 0.1) is 0 Å². The Bertz CT molecular complexity index is 493. The van der Waals surface area contributed by atoms with Gasteiger partial charge in [0.15, 0.2) is 0 Å². The first kappa shape index (κ1) is 11.3. The minimum atomic E-state index is -0.263. The molecule has 0 spiro atoms. The molecule has 0 unspecified atom stereocenters. The lowest BCUT2D eigenvalue weighted by Crippen LogP contribution is -2.10. The Labute approximate surface area is 99.1 Å². The molecule has 0 atom stereocenters.